The molecule has 0 aliphatic rings. The van der Waals surface area contributed by atoms with Crippen LogP contribution in [0.1, 0.15) is 16.3 Å². The van der Waals surface area contributed by atoms with Crippen LogP contribution < -0.4 is 14.8 Å². The van der Waals surface area contributed by atoms with Crippen LogP contribution >= 0.6 is 0 Å². The first-order valence-corrected chi connectivity index (χ1v) is 8.08. The third-order valence-corrected chi connectivity index (χ3v) is 3.56. The normalized spacial score (nSPS) is 11.3. The van der Waals surface area contributed by atoms with Crippen molar-refractivity contribution < 1.29 is 31.9 Å². The number of alkyl halides is 3. The molecule has 28 heavy (non-hydrogen) atoms. The molecule has 3 rings (SSSR count). The fourth-order valence-electron chi connectivity index (χ4n) is 2.29. The summed E-state index contributed by atoms with van der Waals surface area (Å²) < 4.78 is 53.7. The summed E-state index contributed by atoms with van der Waals surface area (Å²) >= 11 is 0. The number of benzene rings is 1. The number of carbonyl (C=O) groups excluding carboxylic acids is 1. The van der Waals surface area contributed by atoms with E-state index in [1.54, 1.807) is 37.4 Å². The second-order valence-corrected chi connectivity index (χ2v) is 5.73. The van der Waals surface area contributed by atoms with Crippen molar-refractivity contribution in [3.63, 3.8) is 0 Å². The summed E-state index contributed by atoms with van der Waals surface area (Å²) in [6, 6.07) is 9.97. The number of methoxy groups -OCH3 is 1. The van der Waals surface area contributed by atoms with E-state index in [0.717, 1.165) is 12.4 Å². The molecule has 0 radical (unpaired) electrons. The van der Waals surface area contributed by atoms with Crippen LogP contribution in [0.25, 0.3) is 0 Å². The van der Waals surface area contributed by atoms with Crippen LogP contribution in [-0.2, 0) is 13.2 Å². The highest BCUT2D eigenvalue weighted by Gasteiger charge is 2.28. The van der Waals surface area contributed by atoms with Crippen molar-refractivity contribution in [3.8, 4) is 11.5 Å². The van der Waals surface area contributed by atoms with E-state index in [-0.39, 0.29) is 18.1 Å². The molecule has 0 spiro atoms. The van der Waals surface area contributed by atoms with Crippen molar-refractivity contribution in [2.45, 2.75) is 19.3 Å². The standard InChI is InChI=1S/C18H16F3N3O4/c1-26-13-2-4-14(5-3-13)27-10-15-6-7-16(28-15)17(25)23-12-8-22-24(9-12)11-18(19,20)21/h2-9H,10-11H2,1H3,(H,23,25). The van der Waals surface area contributed by atoms with Gasteiger partial charge in [-0.25, -0.2) is 0 Å². The van der Waals surface area contributed by atoms with E-state index in [1.165, 1.54) is 6.07 Å². The van der Waals surface area contributed by atoms with Gasteiger partial charge in [-0.2, -0.15) is 18.3 Å². The minimum absolute atomic E-state index is 0.00287. The number of hydrogen-bond acceptors (Lipinski definition) is 5. The van der Waals surface area contributed by atoms with Gasteiger partial charge in [0.15, 0.2) is 5.76 Å². The highest BCUT2D eigenvalue weighted by atomic mass is 19.4. The number of hydrogen-bond donors (Lipinski definition) is 1. The first-order valence-electron chi connectivity index (χ1n) is 8.08. The molecule has 0 aliphatic heterocycles. The zero-order chi connectivity index (χ0) is 20.1. The molecule has 10 heteroatoms. The number of anilines is 1. The predicted molar refractivity (Wildman–Crippen MR) is 92.3 cm³/mol. The van der Waals surface area contributed by atoms with Crippen LogP contribution in [0.4, 0.5) is 18.9 Å². The van der Waals surface area contributed by atoms with Gasteiger partial charge in [-0.15, -0.1) is 0 Å². The smallest absolute Gasteiger partial charge is 0.408 e. The Morgan fingerprint density at radius 3 is 2.57 bits per heavy atom. The summed E-state index contributed by atoms with van der Waals surface area (Å²) in [4.78, 5) is 12.1. The summed E-state index contributed by atoms with van der Waals surface area (Å²) in [5.41, 5.74) is 0.127. The molecule has 0 unspecified atom stereocenters. The van der Waals surface area contributed by atoms with Gasteiger partial charge in [0, 0.05) is 6.20 Å². The van der Waals surface area contributed by atoms with Crippen LogP contribution in [0, 0.1) is 0 Å². The van der Waals surface area contributed by atoms with E-state index in [2.05, 4.69) is 10.4 Å². The topological polar surface area (TPSA) is 78.5 Å². The van der Waals surface area contributed by atoms with Gasteiger partial charge in [-0.1, -0.05) is 0 Å². The Balaban J connectivity index is 1.54. The first-order chi connectivity index (χ1) is 13.3. The first kappa shape index (κ1) is 19.3. The van der Waals surface area contributed by atoms with E-state index in [4.69, 9.17) is 13.9 Å². The second-order valence-electron chi connectivity index (χ2n) is 5.73. The Hall–Kier alpha value is -3.43. The molecule has 1 aromatic carbocycles. The third-order valence-electron chi connectivity index (χ3n) is 3.56. The van der Waals surface area contributed by atoms with Crippen molar-refractivity contribution in [3.05, 3.63) is 60.3 Å². The number of nitrogens with zero attached hydrogens (tertiary/aromatic N) is 2. The summed E-state index contributed by atoms with van der Waals surface area (Å²) in [6.07, 6.45) is -2.19. The summed E-state index contributed by atoms with van der Waals surface area (Å²) in [7, 11) is 1.56. The molecule has 7 nitrogen and oxygen atoms in total. The summed E-state index contributed by atoms with van der Waals surface area (Å²) in [5, 5.41) is 5.98. The maximum absolute atomic E-state index is 12.3. The molecule has 0 atom stereocenters. The number of furan rings is 1. The number of nitrogens with one attached hydrogen (secondary N) is 1. The Morgan fingerprint density at radius 2 is 1.89 bits per heavy atom. The van der Waals surface area contributed by atoms with E-state index < -0.39 is 18.6 Å². The molecule has 3 aromatic rings. The number of carbonyl (C=O) groups is 1. The summed E-state index contributed by atoms with van der Waals surface area (Å²) in [6.45, 7) is -1.14. The van der Waals surface area contributed by atoms with Gasteiger partial charge in [0.1, 0.15) is 30.4 Å². The number of halogens is 3. The quantitative estimate of drug-likeness (QED) is 0.657. The highest BCUT2D eigenvalue weighted by Crippen LogP contribution is 2.20. The van der Waals surface area contributed by atoms with Crippen molar-refractivity contribution in [1.82, 2.24) is 9.78 Å². The Bertz CT molecular complexity index is 932. The average Bonchev–Trinajstić information content (AvgIpc) is 3.28. The molecule has 1 N–H and O–H groups in total. The average molecular weight is 395 g/mol. The Labute approximate surface area is 157 Å². The molecule has 1 amide bonds. The van der Waals surface area contributed by atoms with E-state index in [9.17, 15) is 18.0 Å². The lowest BCUT2D eigenvalue weighted by atomic mass is 10.3. The van der Waals surface area contributed by atoms with Gasteiger partial charge in [0.2, 0.25) is 0 Å². The van der Waals surface area contributed by atoms with Crippen LogP contribution in [0.2, 0.25) is 0 Å². The minimum Gasteiger partial charge on any atom is -0.497 e. The molecule has 0 saturated heterocycles. The molecule has 2 heterocycles. The zero-order valence-corrected chi connectivity index (χ0v) is 14.7. The third kappa shape index (κ3) is 5.29. The number of rotatable bonds is 7. The fourth-order valence-corrected chi connectivity index (χ4v) is 2.29. The van der Waals surface area contributed by atoms with Crippen molar-refractivity contribution in [1.29, 1.82) is 0 Å². The monoisotopic (exact) mass is 395 g/mol. The predicted octanol–water partition coefficient (Wildman–Crippen LogP) is 3.88. The maximum Gasteiger partial charge on any atom is 0.408 e. The van der Waals surface area contributed by atoms with Crippen molar-refractivity contribution in [2.24, 2.45) is 0 Å². The van der Waals surface area contributed by atoms with Gasteiger partial charge < -0.3 is 19.2 Å². The number of amides is 1. The molecule has 0 saturated carbocycles. The van der Waals surface area contributed by atoms with Crippen LogP contribution in [0.5, 0.6) is 11.5 Å². The van der Waals surface area contributed by atoms with E-state index >= 15 is 0 Å². The van der Waals surface area contributed by atoms with Crippen molar-refractivity contribution >= 4 is 11.6 Å². The minimum atomic E-state index is -4.40. The molecule has 0 bridgehead atoms. The molecule has 0 aliphatic carbocycles. The zero-order valence-electron chi connectivity index (χ0n) is 14.7. The molecule has 148 valence electrons. The number of ether oxygens (including phenoxy) is 2. The van der Waals surface area contributed by atoms with Crippen molar-refractivity contribution in [2.75, 3.05) is 12.4 Å². The van der Waals surface area contributed by atoms with E-state index in [0.29, 0.717) is 21.9 Å². The Kier molecular flexibility index (Phi) is 5.57. The lowest BCUT2D eigenvalue weighted by Gasteiger charge is -2.05. The SMILES string of the molecule is COc1ccc(OCc2ccc(C(=O)Nc3cnn(CC(F)(F)F)c3)o2)cc1. The highest BCUT2D eigenvalue weighted by molar-refractivity contribution is 6.02. The summed E-state index contributed by atoms with van der Waals surface area (Å²) in [5.74, 6) is 1.09. The van der Waals surface area contributed by atoms with Gasteiger partial charge in [-0.3, -0.25) is 9.48 Å². The van der Waals surface area contributed by atoms with E-state index in [1.807, 2.05) is 0 Å². The maximum atomic E-state index is 12.3. The van der Waals surface area contributed by atoms with Crippen LogP contribution in [0.3, 0.4) is 0 Å². The Morgan fingerprint density at radius 1 is 1.18 bits per heavy atom. The molecular formula is C18H16F3N3O4. The van der Waals surface area contributed by atoms with Gasteiger partial charge in [0.05, 0.1) is 19.0 Å². The second kappa shape index (κ2) is 8.07. The largest absolute Gasteiger partial charge is 0.497 e. The van der Waals surface area contributed by atoms with Gasteiger partial charge in [-0.05, 0) is 36.4 Å². The molecule has 2 aromatic heterocycles. The lowest BCUT2D eigenvalue weighted by molar-refractivity contribution is -0.142. The molecule has 0 fully saturated rings. The lowest BCUT2D eigenvalue weighted by Crippen LogP contribution is -2.17. The van der Waals surface area contributed by atoms with Gasteiger partial charge in [0.25, 0.3) is 5.91 Å². The number of aromatic nitrogens is 2. The van der Waals surface area contributed by atoms with Crippen LogP contribution in [-0.4, -0.2) is 29.0 Å². The molecular weight excluding hydrogens is 379 g/mol. The fraction of sp³-hybridized carbons (Fsp3) is 0.222. The van der Waals surface area contributed by atoms with Crippen LogP contribution in [0.15, 0.2) is 53.2 Å². The van der Waals surface area contributed by atoms with Gasteiger partial charge >= 0.3 is 6.18 Å².